The molecule has 0 saturated heterocycles. The van der Waals surface area contributed by atoms with Gasteiger partial charge in [0.15, 0.2) is 17.5 Å². The van der Waals surface area contributed by atoms with Gasteiger partial charge in [0.1, 0.15) is 0 Å². The molecule has 12 rings (SSSR count). The molecule has 60 heavy (non-hydrogen) atoms. The average Bonchev–Trinajstić information content (AvgIpc) is 3.95. The SMILES string of the molecule is [2H]c1c([2H])c([2H])c2c(c1[2H])c1c([2H])c([2H])c([2H])c([2H])c1n2-c1cc(-c2ccccc2)ccc1-c1nc(-c2cccc(-c3cccc4c3sc3ccccc34)c2)nc(-c2ccc3ccccc3c2)n1. The lowest BCUT2D eigenvalue weighted by atomic mass is 10.00. The molecular formula is C55H34N4S. The van der Waals surface area contributed by atoms with Crippen molar-refractivity contribution in [1.29, 1.82) is 0 Å². The van der Waals surface area contributed by atoms with Gasteiger partial charge < -0.3 is 4.57 Å². The minimum absolute atomic E-state index is 0.00314. The number of nitrogens with zero attached hydrogens (tertiary/aromatic N) is 4. The summed E-state index contributed by atoms with van der Waals surface area (Å²) in [7, 11) is 0. The van der Waals surface area contributed by atoms with Crippen LogP contribution in [0.15, 0.2) is 206 Å². The number of hydrogen-bond acceptors (Lipinski definition) is 4. The second-order valence-electron chi connectivity index (χ2n) is 14.6. The molecule has 0 spiro atoms. The Hall–Kier alpha value is -7.73. The van der Waals surface area contributed by atoms with Crippen molar-refractivity contribution in [2.45, 2.75) is 0 Å². The van der Waals surface area contributed by atoms with E-state index in [1.54, 1.807) is 11.3 Å². The van der Waals surface area contributed by atoms with Gasteiger partial charge in [0.25, 0.3) is 0 Å². The summed E-state index contributed by atoms with van der Waals surface area (Å²) in [6, 6.07) is 48.6. The Morgan fingerprint density at radius 2 is 1.02 bits per heavy atom. The maximum Gasteiger partial charge on any atom is 0.166 e. The molecule has 0 fully saturated rings. The third kappa shape index (κ3) is 5.70. The van der Waals surface area contributed by atoms with Crippen LogP contribution in [0.5, 0.6) is 0 Å². The Bertz CT molecular complexity index is 4020. The zero-order valence-electron chi connectivity index (χ0n) is 39.7. The predicted octanol–water partition coefficient (Wildman–Crippen LogP) is 14.8. The maximum absolute atomic E-state index is 9.35. The van der Waals surface area contributed by atoms with Crippen molar-refractivity contribution in [3.8, 4) is 62.1 Å². The molecule has 5 heteroatoms. The van der Waals surface area contributed by atoms with Crippen molar-refractivity contribution in [1.82, 2.24) is 19.5 Å². The van der Waals surface area contributed by atoms with E-state index in [9.17, 15) is 2.74 Å². The predicted molar refractivity (Wildman–Crippen MR) is 252 cm³/mol. The van der Waals surface area contributed by atoms with Crippen molar-refractivity contribution >= 4 is 64.1 Å². The van der Waals surface area contributed by atoms with E-state index in [1.165, 1.54) is 24.7 Å². The summed E-state index contributed by atoms with van der Waals surface area (Å²) in [5.74, 6) is 1.01. The van der Waals surface area contributed by atoms with Crippen LogP contribution in [-0.4, -0.2) is 19.5 Å². The Morgan fingerprint density at radius 1 is 0.400 bits per heavy atom. The van der Waals surface area contributed by atoms with Crippen LogP contribution in [0.4, 0.5) is 0 Å². The highest BCUT2D eigenvalue weighted by atomic mass is 32.1. The monoisotopic (exact) mass is 790 g/mol. The minimum atomic E-state index is -0.514. The van der Waals surface area contributed by atoms with Crippen LogP contribution >= 0.6 is 11.3 Å². The third-order valence-corrected chi connectivity index (χ3v) is 12.3. The number of hydrogen-bond donors (Lipinski definition) is 0. The van der Waals surface area contributed by atoms with Crippen molar-refractivity contribution in [2.24, 2.45) is 0 Å². The van der Waals surface area contributed by atoms with Crippen LogP contribution < -0.4 is 0 Å². The molecule has 0 bridgehead atoms. The van der Waals surface area contributed by atoms with Crippen molar-refractivity contribution in [2.75, 3.05) is 0 Å². The Balaban J connectivity index is 1.16. The van der Waals surface area contributed by atoms with Gasteiger partial charge in [-0.05, 0) is 75.4 Å². The van der Waals surface area contributed by atoms with E-state index in [4.69, 9.17) is 23.2 Å². The van der Waals surface area contributed by atoms with E-state index in [-0.39, 0.29) is 27.6 Å². The van der Waals surface area contributed by atoms with Gasteiger partial charge in [-0.1, -0.05) is 164 Å². The van der Waals surface area contributed by atoms with E-state index in [0.717, 1.165) is 44.2 Å². The molecule has 0 amide bonds. The zero-order chi connectivity index (χ0) is 46.5. The number of aromatic nitrogens is 4. The second-order valence-corrected chi connectivity index (χ2v) is 15.7. The minimum Gasteiger partial charge on any atom is -0.308 e. The fourth-order valence-corrected chi connectivity index (χ4v) is 9.50. The van der Waals surface area contributed by atoms with Gasteiger partial charge in [0.2, 0.25) is 0 Å². The lowest BCUT2D eigenvalue weighted by molar-refractivity contribution is 1.07. The summed E-state index contributed by atoms with van der Waals surface area (Å²) in [5.41, 5.74) is 5.89. The molecule has 3 heterocycles. The summed E-state index contributed by atoms with van der Waals surface area (Å²) < 4.78 is 75.9. The Labute approximate surface area is 361 Å². The first kappa shape index (κ1) is 27.0. The molecule has 280 valence electrons. The number of para-hydroxylation sites is 2. The highest BCUT2D eigenvalue weighted by molar-refractivity contribution is 7.26. The summed E-state index contributed by atoms with van der Waals surface area (Å²) >= 11 is 1.76. The molecular weight excluding hydrogens is 749 g/mol. The zero-order valence-corrected chi connectivity index (χ0v) is 32.5. The van der Waals surface area contributed by atoms with Crippen LogP contribution in [0, 0.1) is 0 Å². The van der Waals surface area contributed by atoms with Crippen LogP contribution in [-0.2, 0) is 0 Å². The molecule has 0 N–H and O–H groups in total. The lowest BCUT2D eigenvalue weighted by Gasteiger charge is -2.16. The van der Waals surface area contributed by atoms with E-state index >= 15 is 0 Å². The molecule has 0 unspecified atom stereocenters. The van der Waals surface area contributed by atoms with Gasteiger partial charge in [-0.3, -0.25) is 0 Å². The van der Waals surface area contributed by atoms with Crippen LogP contribution in [0.2, 0.25) is 0 Å². The number of rotatable bonds is 6. The molecule has 0 atom stereocenters. The fourth-order valence-electron chi connectivity index (χ4n) is 8.26. The normalized spacial score (nSPS) is 13.5. The fraction of sp³-hybridized carbons (Fsp3) is 0. The van der Waals surface area contributed by atoms with Crippen LogP contribution in [0.1, 0.15) is 11.0 Å². The first-order valence-electron chi connectivity index (χ1n) is 23.5. The van der Waals surface area contributed by atoms with E-state index in [0.29, 0.717) is 22.9 Å². The highest BCUT2D eigenvalue weighted by Gasteiger charge is 2.21. The van der Waals surface area contributed by atoms with Gasteiger partial charge in [-0.15, -0.1) is 11.3 Å². The molecule has 0 radical (unpaired) electrons. The van der Waals surface area contributed by atoms with Gasteiger partial charge in [-0.25, -0.2) is 15.0 Å². The largest absolute Gasteiger partial charge is 0.308 e. The Morgan fingerprint density at radius 3 is 1.83 bits per heavy atom. The van der Waals surface area contributed by atoms with Gasteiger partial charge in [-0.2, -0.15) is 0 Å². The van der Waals surface area contributed by atoms with Crippen LogP contribution in [0.25, 0.3) is 115 Å². The van der Waals surface area contributed by atoms with Gasteiger partial charge in [0.05, 0.1) is 27.7 Å². The van der Waals surface area contributed by atoms with Gasteiger partial charge >= 0.3 is 0 Å². The number of fused-ring (bicyclic) bond motifs is 7. The topological polar surface area (TPSA) is 43.6 Å². The second kappa shape index (κ2) is 14.0. The average molecular weight is 791 g/mol. The maximum atomic E-state index is 9.35. The number of thiophene rings is 1. The summed E-state index contributed by atoms with van der Waals surface area (Å²) in [6.45, 7) is 0. The smallest absolute Gasteiger partial charge is 0.166 e. The van der Waals surface area contributed by atoms with Crippen molar-refractivity contribution < 1.29 is 11.0 Å². The standard InChI is InChI=1S/C55H34N4S/c1-2-14-35(15-3-1)38-30-31-47(50(34-38)59-48-25-9-6-20-43(48)44-21-7-10-26-49(44)59)55-57-53(56-54(58-55)41-29-28-36-16-4-5-17-37(36)32-41)40-19-12-18-39(33-40)42-23-13-24-46-45-22-8-11-27-51(45)60-52(42)46/h1-34H/i6D,7D,9D,10D,20D,21D,25D,26D. The van der Waals surface area contributed by atoms with Crippen molar-refractivity contribution in [3.63, 3.8) is 0 Å². The molecule has 12 aromatic rings. The molecule has 0 aliphatic rings. The van der Waals surface area contributed by atoms with E-state index in [1.807, 2.05) is 103 Å². The molecule has 0 aliphatic heterocycles. The first-order valence-corrected chi connectivity index (χ1v) is 20.3. The molecule has 0 saturated carbocycles. The molecule has 4 nitrogen and oxygen atoms in total. The quantitative estimate of drug-likeness (QED) is 0.168. The summed E-state index contributed by atoms with van der Waals surface area (Å²) in [4.78, 5) is 15.6. The molecule has 3 aromatic heterocycles. The molecule has 0 aliphatic carbocycles. The lowest BCUT2D eigenvalue weighted by Crippen LogP contribution is -2.04. The first-order chi connectivity index (χ1) is 33.0. The van der Waals surface area contributed by atoms with Crippen molar-refractivity contribution in [3.05, 3.63) is 206 Å². The third-order valence-electron chi connectivity index (χ3n) is 11.1. The summed E-state index contributed by atoms with van der Waals surface area (Å²) in [6.07, 6.45) is 0. The van der Waals surface area contributed by atoms with E-state index in [2.05, 4.69) is 54.6 Å². The number of benzene rings is 9. The Kier molecular flexibility index (Phi) is 6.30. The highest BCUT2D eigenvalue weighted by Crippen LogP contribution is 2.42. The van der Waals surface area contributed by atoms with Gasteiger partial charge in [0, 0.05) is 47.6 Å². The summed E-state index contributed by atoms with van der Waals surface area (Å²) in [5, 5.41) is 4.39. The van der Waals surface area contributed by atoms with E-state index < -0.39 is 48.3 Å². The molecule has 9 aromatic carbocycles. The van der Waals surface area contributed by atoms with Crippen LogP contribution in [0.3, 0.4) is 0 Å².